The summed E-state index contributed by atoms with van der Waals surface area (Å²) >= 11 is 0. The lowest BCUT2D eigenvalue weighted by Gasteiger charge is -2.24. The summed E-state index contributed by atoms with van der Waals surface area (Å²) in [4.78, 5) is 10.3. The summed E-state index contributed by atoms with van der Waals surface area (Å²) in [6.45, 7) is 4.15. The smallest absolute Gasteiger partial charge is 0.269 e. The summed E-state index contributed by atoms with van der Waals surface area (Å²) < 4.78 is 32.8. The van der Waals surface area contributed by atoms with Crippen molar-refractivity contribution in [3.63, 3.8) is 0 Å². The molecule has 0 spiro atoms. The van der Waals surface area contributed by atoms with Crippen LogP contribution in [0.2, 0.25) is 0 Å². The summed E-state index contributed by atoms with van der Waals surface area (Å²) in [5, 5.41) is 14.7. The standard InChI is InChI=1S/C16H19N3O5S/c1-3-15-16(11(2)17-24-15)14-5-4-10-18(14)25(22,23)13-8-6-12(7-9-13)19(20)21/h6-9,14H,3-5,10H2,1-2H3/t14-/m0/s1. The SMILES string of the molecule is CCc1onc(C)c1[C@@H]1CCCN1S(=O)(=O)c1ccc([N+](=O)[O-])cc1. The molecule has 1 fully saturated rings. The van der Waals surface area contributed by atoms with Crippen molar-refractivity contribution in [3.8, 4) is 0 Å². The molecule has 134 valence electrons. The minimum atomic E-state index is -3.76. The molecule has 1 aromatic carbocycles. The Hall–Kier alpha value is -2.26. The van der Waals surface area contributed by atoms with Gasteiger partial charge in [-0.25, -0.2) is 8.42 Å². The molecule has 9 heteroatoms. The number of hydrogen-bond donors (Lipinski definition) is 0. The van der Waals surface area contributed by atoms with E-state index >= 15 is 0 Å². The Morgan fingerprint density at radius 3 is 2.64 bits per heavy atom. The van der Waals surface area contributed by atoms with Crippen molar-refractivity contribution in [2.75, 3.05) is 6.54 Å². The number of aryl methyl sites for hydroxylation is 2. The summed E-state index contributed by atoms with van der Waals surface area (Å²) in [5.41, 5.74) is 1.40. The molecule has 0 bridgehead atoms. The molecular weight excluding hydrogens is 346 g/mol. The molecule has 2 aromatic rings. The van der Waals surface area contributed by atoms with Crippen LogP contribution in [0.15, 0.2) is 33.7 Å². The Balaban J connectivity index is 1.98. The Morgan fingerprint density at radius 1 is 1.36 bits per heavy atom. The molecule has 0 aliphatic carbocycles. The van der Waals surface area contributed by atoms with Crippen molar-refractivity contribution >= 4 is 15.7 Å². The van der Waals surface area contributed by atoms with Gasteiger partial charge in [-0.05, 0) is 31.9 Å². The van der Waals surface area contributed by atoms with Crippen molar-refractivity contribution in [2.24, 2.45) is 0 Å². The highest BCUT2D eigenvalue weighted by atomic mass is 32.2. The lowest BCUT2D eigenvalue weighted by atomic mass is 10.0. The van der Waals surface area contributed by atoms with E-state index in [1.807, 2.05) is 13.8 Å². The number of rotatable bonds is 5. The first-order valence-corrected chi connectivity index (χ1v) is 9.51. The molecule has 1 aliphatic rings. The highest BCUT2D eigenvalue weighted by Crippen LogP contribution is 2.39. The van der Waals surface area contributed by atoms with E-state index in [1.165, 1.54) is 28.6 Å². The van der Waals surface area contributed by atoms with Crippen LogP contribution in [0, 0.1) is 17.0 Å². The normalized spacial score (nSPS) is 18.6. The lowest BCUT2D eigenvalue weighted by molar-refractivity contribution is -0.384. The summed E-state index contributed by atoms with van der Waals surface area (Å²) in [5.74, 6) is 0.702. The number of nitro groups is 1. The average Bonchev–Trinajstić information content (AvgIpc) is 3.21. The minimum Gasteiger partial charge on any atom is -0.361 e. The van der Waals surface area contributed by atoms with Gasteiger partial charge >= 0.3 is 0 Å². The average molecular weight is 365 g/mol. The van der Waals surface area contributed by atoms with Gasteiger partial charge in [0.1, 0.15) is 5.76 Å². The van der Waals surface area contributed by atoms with Crippen molar-refractivity contribution in [3.05, 3.63) is 51.4 Å². The fraction of sp³-hybridized carbons (Fsp3) is 0.438. The second-order valence-electron chi connectivity index (χ2n) is 5.98. The number of nitrogens with zero attached hydrogens (tertiary/aromatic N) is 3. The molecule has 2 heterocycles. The molecule has 1 aliphatic heterocycles. The molecular formula is C16H19N3O5S. The molecule has 8 nitrogen and oxygen atoms in total. The van der Waals surface area contributed by atoms with Crippen molar-refractivity contribution in [2.45, 2.75) is 44.0 Å². The number of nitro benzene ring substituents is 1. The fourth-order valence-electron chi connectivity index (χ4n) is 3.30. The second-order valence-corrected chi connectivity index (χ2v) is 7.87. The van der Waals surface area contributed by atoms with Crippen LogP contribution in [-0.4, -0.2) is 29.3 Å². The maximum Gasteiger partial charge on any atom is 0.269 e. The maximum absolute atomic E-state index is 13.0. The van der Waals surface area contributed by atoms with E-state index < -0.39 is 14.9 Å². The molecule has 3 rings (SSSR count). The van der Waals surface area contributed by atoms with Gasteiger partial charge in [0.2, 0.25) is 10.0 Å². The largest absolute Gasteiger partial charge is 0.361 e. The van der Waals surface area contributed by atoms with Crippen LogP contribution >= 0.6 is 0 Å². The van der Waals surface area contributed by atoms with Gasteiger partial charge in [-0.15, -0.1) is 0 Å². The monoisotopic (exact) mass is 365 g/mol. The van der Waals surface area contributed by atoms with Gasteiger partial charge in [-0.1, -0.05) is 12.1 Å². The molecule has 1 saturated heterocycles. The number of aromatic nitrogens is 1. The zero-order valence-corrected chi connectivity index (χ0v) is 14.8. The molecule has 0 unspecified atom stereocenters. The minimum absolute atomic E-state index is 0.0529. The fourth-order valence-corrected chi connectivity index (χ4v) is 4.96. The third-order valence-electron chi connectivity index (χ3n) is 4.50. The van der Waals surface area contributed by atoms with Gasteiger partial charge in [0.05, 0.1) is 21.6 Å². The van der Waals surface area contributed by atoms with Crippen LogP contribution in [0.5, 0.6) is 0 Å². The van der Waals surface area contributed by atoms with Crippen LogP contribution in [0.3, 0.4) is 0 Å². The van der Waals surface area contributed by atoms with Gasteiger partial charge < -0.3 is 4.52 Å². The third kappa shape index (κ3) is 3.05. The second kappa shape index (κ2) is 6.57. The molecule has 0 N–H and O–H groups in total. The van der Waals surface area contributed by atoms with E-state index in [0.29, 0.717) is 30.8 Å². The molecule has 1 aromatic heterocycles. The van der Waals surface area contributed by atoms with Crippen molar-refractivity contribution < 1.29 is 17.9 Å². The van der Waals surface area contributed by atoms with E-state index in [2.05, 4.69) is 5.16 Å². The highest BCUT2D eigenvalue weighted by molar-refractivity contribution is 7.89. The van der Waals surface area contributed by atoms with Gasteiger partial charge in [0.15, 0.2) is 0 Å². The summed E-state index contributed by atoms with van der Waals surface area (Å²) in [6.07, 6.45) is 2.07. The lowest BCUT2D eigenvalue weighted by Crippen LogP contribution is -2.31. The third-order valence-corrected chi connectivity index (χ3v) is 6.42. The van der Waals surface area contributed by atoms with Crippen LogP contribution in [-0.2, 0) is 16.4 Å². The van der Waals surface area contributed by atoms with Gasteiger partial charge in [0.25, 0.3) is 5.69 Å². The molecule has 25 heavy (non-hydrogen) atoms. The number of non-ortho nitro benzene ring substituents is 1. The molecule has 0 saturated carbocycles. The number of sulfonamides is 1. The molecule has 1 atom stereocenters. The van der Waals surface area contributed by atoms with Crippen LogP contribution in [0.4, 0.5) is 5.69 Å². The van der Waals surface area contributed by atoms with Crippen LogP contribution in [0.25, 0.3) is 0 Å². The van der Waals surface area contributed by atoms with Crippen LogP contribution < -0.4 is 0 Å². The first-order chi connectivity index (χ1) is 11.9. The molecule has 0 amide bonds. The predicted octanol–water partition coefficient (Wildman–Crippen LogP) is 2.98. The van der Waals surface area contributed by atoms with Gasteiger partial charge in [-0.2, -0.15) is 4.31 Å². The summed E-state index contributed by atoms with van der Waals surface area (Å²) in [7, 11) is -3.76. The van der Waals surface area contributed by atoms with Crippen LogP contribution in [0.1, 0.15) is 42.8 Å². The van der Waals surface area contributed by atoms with E-state index in [1.54, 1.807) is 0 Å². The Morgan fingerprint density at radius 2 is 2.04 bits per heavy atom. The van der Waals surface area contributed by atoms with E-state index in [9.17, 15) is 18.5 Å². The van der Waals surface area contributed by atoms with Gasteiger partial charge in [0, 0.05) is 30.7 Å². The molecule has 0 radical (unpaired) electrons. The Kier molecular flexibility index (Phi) is 4.61. The van der Waals surface area contributed by atoms with E-state index in [-0.39, 0.29) is 16.6 Å². The first kappa shape index (κ1) is 17.6. The first-order valence-electron chi connectivity index (χ1n) is 8.07. The zero-order chi connectivity index (χ0) is 18.2. The van der Waals surface area contributed by atoms with Crippen molar-refractivity contribution in [1.29, 1.82) is 0 Å². The number of benzene rings is 1. The quantitative estimate of drug-likeness (QED) is 0.595. The highest BCUT2D eigenvalue weighted by Gasteiger charge is 2.39. The topological polar surface area (TPSA) is 107 Å². The Labute approximate surface area is 145 Å². The predicted molar refractivity (Wildman–Crippen MR) is 89.6 cm³/mol. The summed E-state index contributed by atoms with van der Waals surface area (Å²) in [6, 6.07) is 4.66. The van der Waals surface area contributed by atoms with Crippen molar-refractivity contribution in [1.82, 2.24) is 9.46 Å². The Bertz CT molecular complexity index is 889. The number of hydrogen-bond acceptors (Lipinski definition) is 6. The van der Waals surface area contributed by atoms with E-state index in [0.717, 1.165) is 12.0 Å². The maximum atomic E-state index is 13.0. The van der Waals surface area contributed by atoms with Gasteiger partial charge in [-0.3, -0.25) is 10.1 Å². The van der Waals surface area contributed by atoms with E-state index in [4.69, 9.17) is 4.52 Å². The zero-order valence-electron chi connectivity index (χ0n) is 14.0.